The summed E-state index contributed by atoms with van der Waals surface area (Å²) in [6.07, 6.45) is -2.38. The van der Waals surface area contributed by atoms with Crippen LogP contribution in [0.1, 0.15) is 6.42 Å². The topological polar surface area (TPSA) is 95.9 Å². The number of hydrogen-bond acceptors (Lipinski definition) is 5. The van der Waals surface area contributed by atoms with E-state index in [2.05, 4.69) is 0 Å². The molecule has 5 heteroatoms. The Morgan fingerprint density at radius 2 is 2.18 bits per heavy atom. The van der Waals surface area contributed by atoms with Crippen LogP contribution in [0, 0.1) is 6.23 Å². The monoisotopic (exact) mass is 162 g/mol. The number of rotatable bonds is 1. The van der Waals surface area contributed by atoms with E-state index in [1.165, 1.54) is 0 Å². The average Bonchev–Trinajstić information content (AvgIpc) is 1.97. The molecule has 0 spiro atoms. The van der Waals surface area contributed by atoms with Crippen LogP contribution in [0.4, 0.5) is 0 Å². The van der Waals surface area contributed by atoms with Crippen molar-refractivity contribution >= 4 is 0 Å². The molecule has 65 valence electrons. The Bertz CT molecular complexity index is 132. The van der Waals surface area contributed by atoms with Crippen LogP contribution in [-0.2, 0) is 4.74 Å². The van der Waals surface area contributed by atoms with Gasteiger partial charge in [0.1, 0.15) is 12.2 Å². The smallest absolute Gasteiger partial charge is 0.188 e. The van der Waals surface area contributed by atoms with E-state index in [0.717, 1.165) is 0 Å². The van der Waals surface area contributed by atoms with Gasteiger partial charge in [-0.15, -0.1) is 0 Å². The molecule has 0 saturated carbocycles. The van der Waals surface area contributed by atoms with Gasteiger partial charge in [0.2, 0.25) is 0 Å². The molecule has 1 radical (unpaired) electrons. The van der Waals surface area contributed by atoms with Crippen LogP contribution in [0.15, 0.2) is 0 Å². The molecule has 0 aromatic heterocycles. The van der Waals surface area contributed by atoms with E-state index < -0.39 is 18.3 Å². The fourth-order valence-electron chi connectivity index (χ4n) is 0.987. The first-order valence-electron chi connectivity index (χ1n) is 3.41. The highest BCUT2D eigenvalue weighted by molar-refractivity contribution is 4.91. The quantitative estimate of drug-likeness (QED) is 0.355. The van der Waals surface area contributed by atoms with Gasteiger partial charge in [0.05, 0.1) is 12.7 Å². The maximum absolute atomic E-state index is 9.14. The minimum absolute atomic E-state index is 0.0330. The van der Waals surface area contributed by atoms with Crippen molar-refractivity contribution in [1.29, 1.82) is 0 Å². The lowest BCUT2D eigenvalue weighted by atomic mass is 10.0. The van der Waals surface area contributed by atoms with Gasteiger partial charge < -0.3 is 20.1 Å². The van der Waals surface area contributed by atoms with Crippen molar-refractivity contribution in [2.75, 3.05) is 6.61 Å². The second-order valence-corrected chi connectivity index (χ2v) is 2.56. The Kier molecular flexibility index (Phi) is 2.80. The second-order valence-electron chi connectivity index (χ2n) is 2.56. The molecule has 1 saturated heterocycles. The largest absolute Gasteiger partial charge is 0.394 e. The molecule has 0 unspecified atom stereocenters. The van der Waals surface area contributed by atoms with Gasteiger partial charge in [-0.3, -0.25) is 5.73 Å². The number of nitrogens with two attached hydrogens (primary N) is 1. The predicted octanol–water partition coefficient (Wildman–Crippen LogP) is -2.06. The normalized spacial score (nSPS) is 40.9. The van der Waals surface area contributed by atoms with Crippen LogP contribution < -0.4 is 5.73 Å². The highest BCUT2D eigenvalue weighted by Gasteiger charge is 2.34. The van der Waals surface area contributed by atoms with E-state index in [1.807, 2.05) is 0 Å². The lowest BCUT2D eigenvalue weighted by Crippen LogP contribution is -2.47. The van der Waals surface area contributed by atoms with Crippen molar-refractivity contribution in [3.63, 3.8) is 0 Å². The maximum atomic E-state index is 9.14. The summed E-state index contributed by atoms with van der Waals surface area (Å²) < 4.78 is 4.80. The lowest BCUT2D eigenvalue weighted by molar-refractivity contribution is -0.131. The van der Waals surface area contributed by atoms with Crippen molar-refractivity contribution in [1.82, 2.24) is 0 Å². The molecule has 1 aliphatic rings. The third-order valence-corrected chi connectivity index (χ3v) is 1.69. The van der Waals surface area contributed by atoms with Gasteiger partial charge in [-0.2, -0.15) is 0 Å². The van der Waals surface area contributed by atoms with Crippen molar-refractivity contribution in [3.05, 3.63) is 6.23 Å². The van der Waals surface area contributed by atoms with E-state index >= 15 is 0 Å². The molecule has 0 aliphatic carbocycles. The predicted molar refractivity (Wildman–Crippen MR) is 36.0 cm³/mol. The first-order valence-corrected chi connectivity index (χ1v) is 3.41. The summed E-state index contributed by atoms with van der Waals surface area (Å²) in [4.78, 5) is 0. The minimum Gasteiger partial charge on any atom is -0.394 e. The minimum atomic E-state index is -0.923. The fourth-order valence-corrected chi connectivity index (χ4v) is 0.987. The summed E-state index contributed by atoms with van der Waals surface area (Å²) in [5.41, 5.74) is 5.23. The van der Waals surface area contributed by atoms with E-state index in [4.69, 9.17) is 25.8 Å². The summed E-state index contributed by atoms with van der Waals surface area (Å²) in [5.74, 6) is 0. The van der Waals surface area contributed by atoms with Gasteiger partial charge in [-0.05, 0) is 0 Å². The fraction of sp³-hybridized carbons (Fsp3) is 0.833. The number of ether oxygens (including phenoxy) is 1. The lowest BCUT2D eigenvalue weighted by Gasteiger charge is -2.33. The molecular formula is C6H12NO4. The van der Waals surface area contributed by atoms with Crippen LogP contribution in [0.3, 0.4) is 0 Å². The molecule has 0 aromatic rings. The van der Waals surface area contributed by atoms with Gasteiger partial charge in [-0.25, -0.2) is 0 Å². The molecule has 0 bridgehead atoms. The number of aliphatic hydroxyl groups excluding tert-OH is 3. The Labute approximate surface area is 64.4 Å². The summed E-state index contributed by atoms with van der Waals surface area (Å²) in [5, 5.41) is 26.8. The average molecular weight is 162 g/mol. The molecular weight excluding hydrogens is 150 g/mol. The molecule has 1 fully saturated rings. The van der Waals surface area contributed by atoms with Gasteiger partial charge >= 0.3 is 0 Å². The first-order chi connectivity index (χ1) is 5.15. The van der Waals surface area contributed by atoms with E-state index in [-0.39, 0.29) is 19.3 Å². The first kappa shape index (κ1) is 8.89. The molecule has 1 heterocycles. The van der Waals surface area contributed by atoms with Gasteiger partial charge in [0.25, 0.3) is 0 Å². The molecule has 0 aromatic carbocycles. The van der Waals surface area contributed by atoms with Crippen LogP contribution in [0.2, 0.25) is 0 Å². The SMILES string of the molecule is N[C]1O[C@H](CO)[C@@H](O)C[C@H]1O. The zero-order valence-corrected chi connectivity index (χ0v) is 5.97. The van der Waals surface area contributed by atoms with Gasteiger partial charge in [-0.1, -0.05) is 0 Å². The molecule has 1 rings (SSSR count). The van der Waals surface area contributed by atoms with Gasteiger partial charge in [0.15, 0.2) is 6.23 Å². The van der Waals surface area contributed by atoms with Gasteiger partial charge in [0, 0.05) is 6.42 Å². The highest BCUT2D eigenvalue weighted by Crippen LogP contribution is 2.20. The van der Waals surface area contributed by atoms with Crippen LogP contribution in [-0.4, -0.2) is 40.2 Å². The molecule has 3 atom stereocenters. The maximum Gasteiger partial charge on any atom is 0.188 e. The molecule has 5 N–H and O–H groups in total. The summed E-state index contributed by atoms with van der Waals surface area (Å²) in [7, 11) is 0. The molecule has 5 nitrogen and oxygen atoms in total. The third kappa shape index (κ3) is 1.88. The second kappa shape index (κ2) is 3.46. The Balaban J connectivity index is 2.48. The number of aliphatic hydroxyl groups is 3. The number of hydrogen-bond donors (Lipinski definition) is 4. The Hall–Kier alpha value is -0.200. The van der Waals surface area contributed by atoms with Crippen molar-refractivity contribution < 1.29 is 20.1 Å². The molecule has 1 aliphatic heterocycles. The van der Waals surface area contributed by atoms with Crippen molar-refractivity contribution in [2.45, 2.75) is 24.7 Å². The van der Waals surface area contributed by atoms with Crippen molar-refractivity contribution in [3.8, 4) is 0 Å². The van der Waals surface area contributed by atoms with Crippen LogP contribution in [0.5, 0.6) is 0 Å². The summed E-state index contributed by atoms with van der Waals surface area (Å²) >= 11 is 0. The van der Waals surface area contributed by atoms with E-state index in [1.54, 1.807) is 0 Å². The Morgan fingerprint density at radius 3 is 2.73 bits per heavy atom. The summed E-state index contributed by atoms with van der Waals surface area (Å²) in [6.45, 7) is -0.297. The van der Waals surface area contributed by atoms with Crippen molar-refractivity contribution in [2.24, 2.45) is 5.73 Å². The summed E-state index contributed by atoms with van der Waals surface area (Å²) in [6, 6.07) is 0. The molecule has 11 heavy (non-hydrogen) atoms. The standard InChI is InChI=1S/C6H12NO4/c7-6-4(10)1-3(9)5(2-8)11-6/h3-5,8-10H,1-2,7H2/t3-,4+,5+/m0/s1. The zero-order chi connectivity index (χ0) is 8.43. The third-order valence-electron chi connectivity index (χ3n) is 1.69. The van der Waals surface area contributed by atoms with E-state index in [9.17, 15) is 0 Å². The van der Waals surface area contributed by atoms with E-state index in [0.29, 0.717) is 0 Å². The Morgan fingerprint density at radius 1 is 1.55 bits per heavy atom. The highest BCUT2D eigenvalue weighted by atomic mass is 16.5. The molecule has 0 amide bonds. The zero-order valence-electron chi connectivity index (χ0n) is 5.97. The van der Waals surface area contributed by atoms with Crippen LogP contribution >= 0.6 is 0 Å². The van der Waals surface area contributed by atoms with Crippen LogP contribution in [0.25, 0.3) is 0 Å².